The molecule has 0 radical (unpaired) electrons. The van der Waals surface area contributed by atoms with E-state index in [1.165, 1.54) is 0 Å². The van der Waals surface area contributed by atoms with Crippen LogP contribution in [0.2, 0.25) is 24.2 Å². The van der Waals surface area contributed by atoms with Crippen molar-refractivity contribution >= 4 is 35.2 Å². The van der Waals surface area contributed by atoms with Crippen LogP contribution < -0.4 is 0 Å². The van der Waals surface area contributed by atoms with Crippen molar-refractivity contribution in [1.29, 1.82) is 0 Å². The maximum absolute atomic E-state index is 7.32. The summed E-state index contributed by atoms with van der Waals surface area (Å²) in [7, 11) is -13.3. The van der Waals surface area contributed by atoms with Crippen molar-refractivity contribution in [2.75, 3.05) is 26.4 Å². The second-order valence-electron chi connectivity index (χ2n) is 10.9. The van der Waals surface area contributed by atoms with Gasteiger partial charge in [0.05, 0.1) is 0 Å². The Morgan fingerprint density at radius 2 is 0.525 bits per heavy atom. The molecule has 0 aromatic heterocycles. The Morgan fingerprint density at radius 1 is 0.325 bits per heavy atom. The van der Waals surface area contributed by atoms with Crippen molar-refractivity contribution in [3.8, 4) is 0 Å². The summed E-state index contributed by atoms with van der Waals surface area (Å²) in [5.74, 6) is 0. The Bertz CT molecular complexity index is 479. The largest absolute Gasteiger partial charge is 0.486 e. The summed E-state index contributed by atoms with van der Waals surface area (Å²) >= 11 is 0. The summed E-state index contributed by atoms with van der Waals surface area (Å²) < 4.78 is 56.2. The van der Waals surface area contributed by atoms with E-state index in [1.807, 2.05) is 0 Å². The quantitative estimate of drug-likeness (QED) is 0.0970. The van der Waals surface area contributed by atoms with Crippen LogP contribution in [-0.2, 0) is 34.2 Å². The monoisotopic (exact) mass is 640 g/mol. The van der Waals surface area contributed by atoms with Crippen molar-refractivity contribution < 1.29 is 34.2 Å². The zero-order valence-corrected chi connectivity index (χ0v) is 31.4. The van der Waals surface area contributed by atoms with E-state index in [4.69, 9.17) is 34.2 Å². The highest BCUT2D eigenvalue weighted by molar-refractivity contribution is 6.89. The molecule has 1 fully saturated rings. The molecule has 0 unspecified atom stereocenters. The topological polar surface area (TPSA) is 73.8 Å². The van der Waals surface area contributed by atoms with Gasteiger partial charge in [0.25, 0.3) is 0 Å². The van der Waals surface area contributed by atoms with Crippen LogP contribution in [0.4, 0.5) is 0 Å². The number of unbranched alkanes of at least 4 members (excludes halogenated alkanes) is 4. The van der Waals surface area contributed by atoms with Gasteiger partial charge in [-0.3, -0.25) is 0 Å². The number of hydrogen-bond acceptors (Lipinski definition) is 8. The van der Waals surface area contributed by atoms with Crippen LogP contribution in [0.15, 0.2) is 0 Å². The van der Waals surface area contributed by atoms with E-state index in [-0.39, 0.29) is 0 Å². The maximum Gasteiger partial charge on any atom is 0.486 e. The van der Waals surface area contributed by atoms with E-state index in [2.05, 4.69) is 55.4 Å². The Kier molecular flexibility index (Phi) is 20.5. The molecule has 0 aliphatic carbocycles. The molecule has 0 spiro atoms. The van der Waals surface area contributed by atoms with E-state index in [1.54, 1.807) is 0 Å². The second-order valence-corrected chi connectivity index (χ2v) is 22.8. The Hall–Kier alpha value is 0.548. The minimum absolute atomic E-state index is 0.568. The maximum atomic E-state index is 7.32. The molecule has 1 saturated heterocycles. The van der Waals surface area contributed by atoms with Crippen LogP contribution in [0.1, 0.15) is 132 Å². The van der Waals surface area contributed by atoms with Crippen molar-refractivity contribution in [1.82, 2.24) is 0 Å². The molecule has 1 aliphatic rings. The van der Waals surface area contributed by atoms with E-state index in [0.29, 0.717) is 50.6 Å². The van der Waals surface area contributed by atoms with Crippen LogP contribution in [-0.4, -0.2) is 61.6 Å². The average Bonchev–Trinajstić information content (AvgIpc) is 2.96. The summed E-state index contributed by atoms with van der Waals surface area (Å²) in [6, 6.07) is 2.84. The van der Waals surface area contributed by atoms with Crippen LogP contribution in [0.5, 0.6) is 0 Å². The van der Waals surface area contributed by atoms with Gasteiger partial charge in [0.2, 0.25) is 0 Å². The van der Waals surface area contributed by atoms with Crippen molar-refractivity contribution in [2.24, 2.45) is 0 Å². The van der Waals surface area contributed by atoms with E-state index >= 15 is 0 Å². The zero-order chi connectivity index (χ0) is 29.8. The first-order valence-corrected chi connectivity index (χ1v) is 24.4. The third kappa shape index (κ3) is 13.0. The lowest BCUT2D eigenvalue weighted by atomic mass is 10.4. The highest BCUT2D eigenvalue weighted by Crippen LogP contribution is 2.41. The molecule has 240 valence electrons. The molecule has 1 rings (SSSR count). The summed E-state index contributed by atoms with van der Waals surface area (Å²) in [6.45, 7) is 19.6. The normalized spacial score (nSPS) is 29.4. The van der Waals surface area contributed by atoms with E-state index in [0.717, 1.165) is 77.0 Å². The molecular weight excluding hydrogens is 577 g/mol. The lowest BCUT2D eigenvalue weighted by Crippen LogP contribution is -2.73. The van der Waals surface area contributed by atoms with Gasteiger partial charge in [-0.05, 0) is 51.4 Å². The first kappa shape index (κ1) is 38.6. The summed E-state index contributed by atoms with van der Waals surface area (Å²) in [6.07, 6.45) is 11.4. The summed E-state index contributed by atoms with van der Waals surface area (Å²) in [4.78, 5) is 0. The highest BCUT2D eigenvalue weighted by atomic mass is 28.6. The highest BCUT2D eigenvalue weighted by Gasteiger charge is 2.67. The predicted molar refractivity (Wildman–Crippen MR) is 171 cm³/mol. The molecule has 8 nitrogen and oxygen atoms in total. The number of rotatable bonds is 24. The molecule has 0 saturated carbocycles. The van der Waals surface area contributed by atoms with Crippen LogP contribution in [0.25, 0.3) is 0 Å². The molecule has 40 heavy (non-hydrogen) atoms. The van der Waals surface area contributed by atoms with Gasteiger partial charge in [0, 0.05) is 50.6 Å². The fraction of sp³-hybridized carbons (Fsp3) is 1.00. The van der Waals surface area contributed by atoms with Crippen LogP contribution in [0.3, 0.4) is 0 Å². The van der Waals surface area contributed by atoms with E-state index in [9.17, 15) is 0 Å². The molecule has 0 aromatic rings. The molecule has 1 heterocycles. The van der Waals surface area contributed by atoms with E-state index < -0.39 is 35.2 Å². The Balaban J connectivity index is 3.91. The van der Waals surface area contributed by atoms with Crippen molar-refractivity contribution in [2.45, 2.75) is 157 Å². The van der Waals surface area contributed by atoms with Gasteiger partial charge in [-0.15, -0.1) is 0 Å². The van der Waals surface area contributed by atoms with Crippen LogP contribution >= 0.6 is 0 Å². The number of hydrogen-bond donors (Lipinski definition) is 0. The van der Waals surface area contributed by atoms with Gasteiger partial charge in [-0.2, -0.15) is 0 Å². The molecule has 0 amide bonds. The predicted octanol–water partition coefficient (Wildman–Crippen LogP) is 8.73. The molecule has 12 heteroatoms. The standard InChI is InChI=1S/C28H64O8Si4/c1-9-17-25-37(29-21-13-5)33-38(26-18-10-2,30-22-14-6)35-40(28-20-12-4,32-24-16-8)36-39(34-37,27-19-11-3)31-23-15-7/h9-28H2,1-8H3. The van der Waals surface area contributed by atoms with Crippen LogP contribution in [0, 0.1) is 0 Å². The second kappa shape index (κ2) is 21.3. The van der Waals surface area contributed by atoms with Gasteiger partial charge in [-0.1, -0.05) is 81.1 Å². The minimum atomic E-state index is -3.31. The minimum Gasteiger partial charge on any atom is -0.374 e. The fourth-order valence-corrected chi connectivity index (χ4v) is 25.3. The third-order valence-corrected chi connectivity index (χ3v) is 23.1. The lowest BCUT2D eigenvalue weighted by Gasteiger charge is -2.50. The molecule has 0 bridgehead atoms. The molecule has 0 atom stereocenters. The fourth-order valence-electron chi connectivity index (χ4n) is 4.57. The zero-order valence-electron chi connectivity index (χ0n) is 27.4. The lowest BCUT2D eigenvalue weighted by molar-refractivity contribution is 0.0117. The molecule has 0 aromatic carbocycles. The Labute approximate surface area is 251 Å². The summed E-state index contributed by atoms with van der Waals surface area (Å²) in [5.41, 5.74) is 0. The van der Waals surface area contributed by atoms with Gasteiger partial charge in [0.1, 0.15) is 0 Å². The smallest absolute Gasteiger partial charge is 0.374 e. The van der Waals surface area contributed by atoms with Gasteiger partial charge >= 0.3 is 35.2 Å². The van der Waals surface area contributed by atoms with Crippen molar-refractivity contribution in [3.63, 3.8) is 0 Å². The summed E-state index contributed by atoms with van der Waals surface area (Å²) in [5, 5.41) is 0. The van der Waals surface area contributed by atoms with Gasteiger partial charge in [-0.25, -0.2) is 0 Å². The average molecular weight is 641 g/mol. The first-order chi connectivity index (χ1) is 19.3. The van der Waals surface area contributed by atoms with Gasteiger partial charge in [0.15, 0.2) is 0 Å². The third-order valence-electron chi connectivity index (χ3n) is 6.69. The first-order valence-electron chi connectivity index (χ1n) is 16.7. The SMILES string of the molecule is CCCC[Si]1(OCCC)O[Si](CCCC)(OCCC)O[Si](CCCC)(OCCC)O[Si](CCCC)(OCCC)O1. The Morgan fingerprint density at radius 3 is 0.675 bits per heavy atom. The molecular formula is C28H64O8Si4. The van der Waals surface area contributed by atoms with Gasteiger partial charge < -0.3 is 34.2 Å². The molecule has 0 N–H and O–H groups in total. The van der Waals surface area contributed by atoms with Crippen molar-refractivity contribution in [3.05, 3.63) is 0 Å². The molecule has 1 aliphatic heterocycles.